The molecule has 2 N–H and O–H groups in total. The van der Waals surface area contributed by atoms with Crippen LogP contribution in [0.15, 0.2) is 57.4 Å². The summed E-state index contributed by atoms with van der Waals surface area (Å²) in [5, 5.41) is 21.7. The number of hydrogen-bond acceptors (Lipinski definition) is 8. The van der Waals surface area contributed by atoms with Crippen molar-refractivity contribution in [2.45, 2.75) is 0 Å². The van der Waals surface area contributed by atoms with Crippen LogP contribution in [0.25, 0.3) is 11.8 Å². The van der Waals surface area contributed by atoms with Gasteiger partial charge in [0.1, 0.15) is 0 Å². The summed E-state index contributed by atoms with van der Waals surface area (Å²) in [6.07, 6.45) is 0. The van der Waals surface area contributed by atoms with Gasteiger partial charge in [-0.05, 0) is 48.5 Å². The molecular formula is C17H10Cl2N6O3. The fourth-order valence-electron chi connectivity index (χ4n) is 2.15. The Hall–Kier alpha value is -3.43. The van der Waals surface area contributed by atoms with Crippen LogP contribution >= 0.6 is 23.2 Å². The maximum atomic E-state index is 12.1. The van der Waals surface area contributed by atoms with Gasteiger partial charge >= 0.3 is 23.8 Å². The van der Waals surface area contributed by atoms with E-state index in [1.165, 1.54) is 0 Å². The lowest BCUT2D eigenvalue weighted by Crippen LogP contribution is -2.11. The molecular weight excluding hydrogens is 407 g/mol. The fourth-order valence-corrected chi connectivity index (χ4v) is 2.40. The topological polar surface area (TPSA) is 119 Å². The van der Waals surface area contributed by atoms with Crippen LogP contribution in [0.5, 0.6) is 0 Å². The zero-order valence-corrected chi connectivity index (χ0v) is 15.4. The highest BCUT2D eigenvalue weighted by atomic mass is 35.5. The highest BCUT2D eigenvalue weighted by molar-refractivity contribution is 6.31. The van der Waals surface area contributed by atoms with Crippen molar-refractivity contribution in [2.75, 3.05) is 10.6 Å². The van der Waals surface area contributed by atoms with Crippen molar-refractivity contribution in [3.63, 3.8) is 0 Å². The number of anilines is 3. The first-order chi connectivity index (χ1) is 13.6. The molecule has 0 fully saturated rings. The summed E-state index contributed by atoms with van der Waals surface area (Å²) >= 11 is 11.6. The molecule has 0 unspecified atom stereocenters. The van der Waals surface area contributed by atoms with Gasteiger partial charge in [0.25, 0.3) is 5.91 Å². The summed E-state index contributed by atoms with van der Waals surface area (Å²) in [5.74, 6) is -0.471. The number of aromatic nitrogens is 4. The van der Waals surface area contributed by atoms with Crippen molar-refractivity contribution < 1.29 is 13.6 Å². The molecule has 11 heteroatoms. The van der Waals surface area contributed by atoms with Gasteiger partial charge in [0.2, 0.25) is 0 Å². The summed E-state index contributed by atoms with van der Waals surface area (Å²) < 4.78 is 10.8. The Labute approximate surface area is 167 Å². The van der Waals surface area contributed by atoms with E-state index in [-0.39, 0.29) is 23.8 Å². The van der Waals surface area contributed by atoms with E-state index in [0.717, 1.165) is 0 Å². The third-order valence-corrected chi connectivity index (χ3v) is 3.96. The van der Waals surface area contributed by atoms with E-state index in [9.17, 15) is 4.79 Å². The zero-order chi connectivity index (χ0) is 19.5. The van der Waals surface area contributed by atoms with Gasteiger partial charge in [0.05, 0.1) is 0 Å². The van der Waals surface area contributed by atoms with Gasteiger partial charge in [-0.1, -0.05) is 33.4 Å². The second-order valence-electron chi connectivity index (χ2n) is 5.42. The molecule has 0 spiro atoms. The summed E-state index contributed by atoms with van der Waals surface area (Å²) in [6.45, 7) is 0. The second kappa shape index (κ2) is 7.67. The number of halogens is 2. The van der Waals surface area contributed by atoms with Crippen molar-refractivity contribution in [1.29, 1.82) is 0 Å². The maximum absolute atomic E-state index is 12.1. The Morgan fingerprint density at radius 2 is 1.29 bits per heavy atom. The number of hydrogen-bond donors (Lipinski definition) is 2. The number of carbonyl (C=O) groups is 1. The molecule has 2 aromatic carbocycles. The Morgan fingerprint density at radius 1 is 0.750 bits per heavy atom. The van der Waals surface area contributed by atoms with Crippen LogP contribution in [0.1, 0.15) is 10.4 Å². The molecule has 0 aliphatic carbocycles. The van der Waals surface area contributed by atoms with Crippen LogP contribution in [-0.2, 0) is 0 Å². The van der Waals surface area contributed by atoms with Crippen LogP contribution in [0.3, 0.4) is 0 Å². The Balaban J connectivity index is 1.44. The number of nitrogens with one attached hydrogen (secondary N) is 2. The van der Waals surface area contributed by atoms with E-state index in [0.29, 0.717) is 21.3 Å². The molecule has 4 rings (SSSR count). The van der Waals surface area contributed by atoms with Crippen LogP contribution < -0.4 is 10.6 Å². The lowest BCUT2D eigenvalue weighted by Gasteiger charge is -2.00. The van der Waals surface area contributed by atoms with Crippen LogP contribution in [0, 0.1) is 0 Å². The molecule has 0 radical (unpaired) electrons. The molecule has 0 saturated carbocycles. The van der Waals surface area contributed by atoms with Crippen molar-refractivity contribution in [3.8, 4) is 11.8 Å². The predicted molar refractivity (Wildman–Crippen MR) is 102 cm³/mol. The first-order valence-corrected chi connectivity index (χ1v) is 8.59. The summed E-state index contributed by atoms with van der Waals surface area (Å²) in [7, 11) is 0. The van der Waals surface area contributed by atoms with E-state index in [1.54, 1.807) is 48.5 Å². The first kappa shape index (κ1) is 18.0. The molecule has 0 saturated heterocycles. The van der Waals surface area contributed by atoms with Crippen molar-refractivity contribution in [1.82, 2.24) is 20.4 Å². The van der Waals surface area contributed by atoms with Crippen molar-refractivity contribution in [2.24, 2.45) is 0 Å². The highest BCUT2D eigenvalue weighted by Crippen LogP contribution is 2.23. The van der Waals surface area contributed by atoms with Crippen LogP contribution in [0.4, 0.5) is 17.7 Å². The predicted octanol–water partition coefficient (Wildman–Crippen LogP) is 4.42. The molecule has 9 nitrogen and oxygen atoms in total. The summed E-state index contributed by atoms with van der Waals surface area (Å²) in [4.78, 5) is 12.1. The van der Waals surface area contributed by atoms with Crippen molar-refractivity contribution >= 4 is 46.8 Å². The zero-order valence-electron chi connectivity index (χ0n) is 13.9. The quantitative estimate of drug-likeness (QED) is 0.490. The van der Waals surface area contributed by atoms with Crippen LogP contribution in [0.2, 0.25) is 10.0 Å². The van der Waals surface area contributed by atoms with Gasteiger partial charge in [-0.15, -0.1) is 10.2 Å². The number of carbonyl (C=O) groups excluding carboxylic acids is 1. The average molecular weight is 417 g/mol. The van der Waals surface area contributed by atoms with Gasteiger partial charge in [-0.2, -0.15) is 0 Å². The lowest BCUT2D eigenvalue weighted by atomic mass is 10.2. The number of amides is 1. The minimum atomic E-state index is -0.428. The van der Waals surface area contributed by atoms with Crippen LogP contribution in [-0.4, -0.2) is 26.3 Å². The molecule has 2 aromatic heterocycles. The standard InChI is InChI=1S/C17H10Cl2N6O3/c18-10-3-1-9(2-4-10)13(26)21-17-25-23-15(28-17)14-22-24-16(27-14)20-12-7-5-11(19)6-8-12/h1-8H,(H,20,24)(H,21,25,26). The minimum absolute atomic E-state index is 0.00374. The van der Waals surface area contributed by atoms with E-state index in [2.05, 4.69) is 31.0 Å². The van der Waals surface area contributed by atoms with Gasteiger partial charge in [0.15, 0.2) is 0 Å². The molecule has 1 amide bonds. The Bertz CT molecular complexity index is 1110. The lowest BCUT2D eigenvalue weighted by molar-refractivity contribution is 0.102. The first-order valence-electron chi connectivity index (χ1n) is 7.84. The molecule has 0 aliphatic heterocycles. The molecule has 28 heavy (non-hydrogen) atoms. The highest BCUT2D eigenvalue weighted by Gasteiger charge is 2.18. The second-order valence-corrected chi connectivity index (χ2v) is 6.29. The number of rotatable bonds is 5. The van der Waals surface area contributed by atoms with E-state index in [4.69, 9.17) is 32.0 Å². The van der Waals surface area contributed by atoms with E-state index >= 15 is 0 Å². The van der Waals surface area contributed by atoms with Gasteiger partial charge in [-0.3, -0.25) is 10.1 Å². The molecule has 0 bridgehead atoms. The largest absolute Gasteiger partial charge is 0.399 e. The fraction of sp³-hybridized carbons (Fsp3) is 0. The Morgan fingerprint density at radius 3 is 1.93 bits per heavy atom. The number of nitrogens with zero attached hydrogens (tertiary/aromatic N) is 4. The SMILES string of the molecule is O=C(Nc1nnc(-c2nnc(Nc3ccc(Cl)cc3)o2)o1)c1ccc(Cl)cc1. The molecule has 4 aromatic rings. The van der Waals surface area contributed by atoms with E-state index < -0.39 is 5.91 Å². The summed E-state index contributed by atoms with van der Waals surface area (Å²) in [6, 6.07) is 13.3. The smallest absolute Gasteiger partial charge is 0.322 e. The van der Waals surface area contributed by atoms with E-state index in [1.807, 2.05) is 0 Å². The third kappa shape index (κ3) is 4.11. The number of benzene rings is 2. The maximum Gasteiger partial charge on any atom is 0.322 e. The molecule has 2 heterocycles. The average Bonchev–Trinajstić information content (AvgIpc) is 3.33. The van der Waals surface area contributed by atoms with Crippen molar-refractivity contribution in [3.05, 3.63) is 64.1 Å². The van der Waals surface area contributed by atoms with Gasteiger partial charge in [0, 0.05) is 21.3 Å². The minimum Gasteiger partial charge on any atom is -0.399 e. The molecule has 0 atom stereocenters. The summed E-state index contributed by atoms with van der Waals surface area (Å²) in [5.41, 5.74) is 1.09. The van der Waals surface area contributed by atoms with Gasteiger partial charge in [-0.25, -0.2) is 0 Å². The molecule has 0 aliphatic rings. The normalized spacial score (nSPS) is 10.6. The third-order valence-electron chi connectivity index (χ3n) is 3.46. The van der Waals surface area contributed by atoms with Gasteiger partial charge < -0.3 is 14.2 Å². The Kier molecular flexibility index (Phi) is 4.92. The molecule has 140 valence electrons. The monoisotopic (exact) mass is 416 g/mol.